The van der Waals surface area contributed by atoms with Gasteiger partial charge in [0.15, 0.2) is 5.13 Å². The zero-order valence-electron chi connectivity index (χ0n) is 20.6. The lowest BCUT2D eigenvalue weighted by Crippen LogP contribution is -2.45. The number of nitrogens with zero attached hydrogens (tertiary/aromatic N) is 3. The molecule has 2 atom stereocenters. The number of nitrogens with two attached hydrogens (primary N) is 1. The number of ether oxygens (including phenoxy) is 1. The minimum atomic E-state index is -1.21. The van der Waals surface area contributed by atoms with Crippen molar-refractivity contribution in [3.05, 3.63) is 47.0 Å². The molecular formula is C26H36N4O5S. The van der Waals surface area contributed by atoms with Crippen molar-refractivity contribution >= 4 is 28.3 Å². The van der Waals surface area contributed by atoms with Gasteiger partial charge in [-0.1, -0.05) is 36.8 Å². The predicted molar refractivity (Wildman–Crippen MR) is 137 cm³/mol. The lowest BCUT2D eigenvalue weighted by molar-refractivity contribution is -0.165. The molecule has 0 bridgehead atoms. The van der Waals surface area contributed by atoms with Crippen molar-refractivity contribution in [2.75, 3.05) is 38.5 Å². The number of piperidine rings is 1. The number of nitrogen functional groups attached to an aromatic ring is 1. The zero-order valence-corrected chi connectivity index (χ0v) is 21.4. The lowest BCUT2D eigenvalue weighted by Gasteiger charge is -2.40. The van der Waals surface area contributed by atoms with Crippen molar-refractivity contribution in [1.82, 2.24) is 14.8 Å². The van der Waals surface area contributed by atoms with Crippen molar-refractivity contribution in [2.24, 2.45) is 5.41 Å². The molecule has 0 radical (unpaired) electrons. The Balaban J connectivity index is 1.42. The van der Waals surface area contributed by atoms with Gasteiger partial charge in [-0.3, -0.25) is 14.5 Å². The molecule has 0 saturated carbocycles. The first kappa shape index (κ1) is 26.5. The first-order valence-corrected chi connectivity index (χ1v) is 13.5. The highest BCUT2D eigenvalue weighted by molar-refractivity contribution is 7.13. The van der Waals surface area contributed by atoms with E-state index in [-0.39, 0.29) is 37.1 Å². The van der Waals surface area contributed by atoms with Gasteiger partial charge in [-0.25, -0.2) is 4.98 Å². The van der Waals surface area contributed by atoms with Gasteiger partial charge in [0.25, 0.3) is 5.91 Å². The van der Waals surface area contributed by atoms with Crippen molar-refractivity contribution in [2.45, 2.75) is 57.3 Å². The second kappa shape index (κ2) is 12.1. The lowest BCUT2D eigenvalue weighted by atomic mass is 9.74. The Labute approximate surface area is 215 Å². The minimum Gasteiger partial charge on any atom is -0.462 e. The number of aromatic nitrogens is 1. The minimum absolute atomic E-state index is 0.170. The van der Waals surface area contributed by atoms with Crippen LogP contribution in [-0.2, 0) is 16.1 Å². The van der Waals surface area contributed by atoms with Gasteiger partial charge in [0.2, 0.25) is 0 Å². The number of thiazole rings is 1. The highest BCUT2D eigenvalue weighted by atomic mass is 32.1. The number of hydrogen-bond acceptors (Lipinski definition) is 9. The van der Waals surface area contributed by atoms with Crippen LogP contribution in [0.3, 0.4) is 0 Å². The molecule has 2 fully saturated rings. The van der Waals surface area contributed by atoms with E-state index in [4.69, 9.17) is 10.5 Å². The number of anilines is 1. The number of carbonyl (C=O) groups is 2. The molecule has 2 aliphatic heterocycles. The average Bonchev–Trinajstić information content (AvgIpc) is 3.33. The maximum atomic E-state index is 13.3. The van der Waals surface area contributed by atoms with E-state index < -0.39 is 17.6 Å². The van der Waals surface area contributed by atoms with E-state index in [0.29, 0.717) is 37.4 Å². The summed E-state index contributed by atoms with van der Waals surface area (Å²) in [7, 11) is 0. The van der Waals surface area contributed by atoms with Crippen LogP contribution in [-0.4, -0.2) is 81.9 Å². The van der Waals surface area contributed by atoms with E-state index in [1.54, 1.807) is 10.3 Å². The standard InChI is InChI=1S/C26H36N4O5S/c27-25-28-20(18-36-25)23(33)30-12-5-4-9-26(24(34)35-17-22(32)21(31)8-13-30)10-14-29(15-11-26)16-19-6-2-1-3-7-19/h1-3,6-7,18,21-22,31-32H,4-5,8-17H2,(H2,27,28)/t21-,22+/m0/s1. The Kier molecular flexibility index (Phi) is 8.95. The first-order chi connectivity index (χ1) is 17.4. The van der Waals surface area contributed by atoms with E-state index in [0.717, 1.165) is 26.1 Å². The van der Waals surface area contributed by atoms with E-state index in [9.17, 15) is 19.8 Å². The number of esters is 1. The molecule has 1 spiro atoms. The van der Waals surface area contributed by atoms with Crippen LogP contribution in [0.2, 0.25) is 0 Å². The van der Waals surface area contributed by atoms with Gasteiger partial charge in [-0.2, -0.15) is 0 Å². The SMILES string of the molecule is Nc1nc(C(=O)N2CCCCC3(CCN(Cc4ccccc4)CC3)C(=O)OC[C@@H](O)[C@@H](O)CC2)cs1. The predicted octanol–water partition coefficient (Wildman–Crippen LogP) is 2.29. The second-order valence-electron chi connectivity index (χ2n) is 9.88. The Morgan fingerprint density at radius 1 is 1.08 bits per heavy atom. The average molecular weight is 517 g/mol. The number of benzene rings is 1. The summed E-state index contributed by atoms with van der Waals surface area (Å²) in [5.74, 6) is -0.533. The van der Waals surface area contributed by atoms with E-state index in [1.807, 2.05) is 18.2 Å². The van der Waals surface area contributed by atoms with Crippen LogP contribution in [0.4, 0.5) is 5.13 Å². The number of cyclic esters (lactones) is 1. The second-order valence-corrected chi connectivity index (χ2v) is 10.8. The fourth-order valence-electron chi connectivity index (χ4n) is 5.07. The molecule has 10 heteroatoms. The van der Waals surface area contributed by atoms with Gasteiger partial charge in [0.05, 0.1) is 11.5 Å². The fraction of sp³-hybridized carbons (Fsp3) is 0.577. The number of hydrogen-bond donors (Lipinski definition) is 3. The summed E-state index contributed by atoms with van der Waals surface area (Å²) in [5, 5.41) is 22.8. The summed E-state index contributed by atoms with van der Waals surface area (Å²) in [6, 6.07) is 10.3. The molecule has 36 heavy (non-hydrogen) atoms. The third kappa shape index (κ3) is 6.61. The van der Waals surface area contributed by atoms with Crippen LogP contribution in [0.25, 0.3) is 0 Å². The van der Waals surface area contributed by atoms with Gasteiger partial charge in [0, 0.05) is 25.0 Å². The molecule has 2 aromatic rings. The summed E-state index contributed by atoms with van der Waals surface area (Å²) in [6.45, 7) is 2.89. The molecule has 0 aliphatic carbocycles. The molecule has 9 nitrogen and oxygen atoms in total. The summed E-state index contributed by atoms with van der Waals surface area (Å²) >= 11 is 1.21. The van der Waals surface area contributed by atoms with Crippen molar-refractivity contribution in [3.8, 4) is 0 Å². The zero-order chi connectivity index (χ0) is 25.5. The molecule has 1 aromatic carbocycles. The van der Waals surface area contributed by atoms with Crippen LogP contribution < -0.4 is 5.73 Å². The number of aliphatic hydroxyl groups excluding tert-OH is 2. The largest absolute Gasteiger partial charge is 0.462 e. The van der Waals surface area contributed by atoms with E-state index in [1.165, 1.54) is 16.9 Å². The first-order valence-electron chi connectivity index (χ1n) is 12.7. The Bertz CT molecular complexity index is 1010. The number of carbonyl (C=O) groups excluding carboxylic acids is 2. The van der Waals surface area contributed by atoms with E-state index >= 15 is 0 Å². The van der Waals surface area contributed by atoms with Gasteiger partial charge in [0.1, 0.15) is 18.4 Å². The smallest absolute Gasteiger partial charge is 0.312 e. The third-order valence-electron chi connectivity index (χ3n) is 7.38. The topological polar surface area (TPSA) is 129 Å². The molecule has 2 saturated heterocycles. The van der Waals surface area contributed by atoms with Crippen LogP contribution in [0.15, 0.2) is 35.7 Å². The molecule has 0 unspecified atom stereocenters. The van der Waals surface area contributed by atoms with Gasteiger partial charge >= 0.3 is 5.97 Å². The van der Waals surface area contributed by atoms with Gasteiger partial charge in [-0.05, 0) is 50.8 Å². The number of likely N-dealkylation sites (tertiary alicyclic amines) is 1. The Hall–Kier alpha value is -2.53. The molecule has 3 heterocycles. The molecule has 1 aromatic heterocycles. The van der Waals surface area contributed by atoms with E-state index in [2.05, 4.69) is 22.0 Å². The molecule has 1 amide bonds. The summed E-state index contributed by atoms with van der Waals surface area (Å²) < 4.78 is 5.56. The van der Waals surface area contributed by atoms with Crippen molar-refractivity contribution in [1.29, 1.82) is 0 Å². The number of amides is 1. The van der Waals surface area contributed by atoms with Crippen LogP contribution in [0.1, 0.15) is 54.6 Å². The summed E-state index contributed by atoms with van der Waals surface area (Å²) in [5.41, 5.74) is 6.62. The van der Waals surface area contributed by atoms with Gasteiger partial charge < -0.3 is 25.6 Å². The molecular weight excluding hydrogens is 480 g/mol. The summed E-state index contributed by atoms with van der Waals surface area (Å²) in [6.07, 6.45) is 1.35. The molecule has 196 valence electrons. The highest BCUT2D eigenvalue weighted by Crippen LogP contribution is 2.38. The monoisotopic (exact) mass is 516 g/mol. The van der Waals surface area contributed by atoms with Gasteiger partial charge in [-0.15, -0.1) is 11.3 Å². The molecule has 4 N–H and O–H groups in total. The maximum absolute atomic E-state index is 13.3. The van der Waals surface area contributed by atoms with Crippen molar-refractivity contribution in [3.63, 3.8) is 0 Å². The molecule has 4 rings (SSSR count). The quantitative estimate of drug-likeness (QED) is 0.530. The Morgan fingerprint density at radius 2 is 1.83 bits per heavy atom. The van der Waals surface area contributed by atoms with Crippen LogP contribution >= 0.6 is 11.3 Å². The third-order valence-corrected chi connectivity index (χ3v) is 8.05. The van der Waals surface area contributed by atoms with Crippen LogP contribution in [0.5, 0.6) is 0 Å². The maximum Gasteiger partial charge on any atom is 0.312 e. The van der Waals surface area contributed by atoms with Crippen LogP contribution in [0, 0.1) is 5.41 Å². The Morgan fingerprint density at radius 3 is 2.53 bits per heavy atom. The summed E-state index contributed by atoms with van der Waals surface area (Å²) in [4.78, 5) is 34.4. The van der Waals surface area contributed by atoms with Crippen molar-refractivity contribution < 1.29 is 24.5 Å². The highest BCUT2D eigenvalue weighted by Gasteiger charge is 2.42. The normalized spacial score (nSPS) is 24.4. The molecule has 2 aliphatic rings. The fourth-order valence-corrected chi connectivity index (χ4v) is 5.61. The number of rotatable bonds is 3. The number of aliphatic hydroxyl groups is 2.